The molecule has 1 aromatic heterocycles. The Kier molecular flexibility index (Phi) is 6.38. The highest BCUT2D eigenvalue weighted by Gasteiger charge is 2.17. The lowest BCUT2D eigenvalue weighted by atomic mass is 9.99. The number of carbonyl (C=O) groups excluding carboxylic acids is 1. The predicted molar refractivity (Wildman–Crippen MR) is 108 cm³/mol. The molecule has 0 saturated carbocycles. The first-order chi connectivity index (χ1) is 12.5. The van der Waals surface area contributed by atoms with E-state index in [9.17, 15) is 4.79 Å². The minimum Gasteiger partial charge on any atom is -0.356 e. The van der Waals surface area contributed by atoms with Crippen molar-refractivity contribution >= 4 is 40.8 Å². The topological polar surface area (TPSA) is 58.1 Å². The summed E-state index contributed by atoms with van der Waals surface area (Å²) in [6.07, 6.45) is 3.95. The van der Waals surface area contributed by atoms with Crippen LogP contribution in [0.2, 0.25) is 5.02 Å². The van der Waals surface area contributed by atoms with E-state index in [0.29, 0.717) is 10.8 Å². The van der Waals surface area contributed by atoms with Crippen LogP contribution in [0.1, 0.15) is 25.3 Å². The van der Waals surface area contributed by atoms with Gasteiger partial charge in [-0.05, 0) is 43.4 Å². The SMILES string of the molecule is Cc1c(Cl)cccc1NC(=O)CSc1cc(N2CCC(C)CC2)ncn1. The third-order valence-corrected chi connectivity index (χ3v) is 5.96. The zero-order valence-electron chi connectivity index (χ0n) is 15.0. The quantitative estimate of drug-likeness (QED) is 0.605. The van der Waals surface area contributed by atoms with Gasteiger partial charge in [-0.1, -0.05) is 36.4 Å². The molecule has 1 aromatic carbocycles. The zero-order valence-corrected chi connectivity index (χ0v) is 16.6. The molecule has 0 radical (unpaired) electrons. The number of halogens is 1. The van der Waals surface area contributed by atoms with Gasteiger partial charge in [-0.15, -0.1) is 0 Å². The van der Waals surface area contributed by atoms with Gasteiger partial charge in [0.25, 0.3) is 0 Å². The summed E-state index contributed by atoms with van der Waals surface area (Å²) in [4.78, 5) is 23.2. The van der Waals surface area contributed by atoms with E-state index in [2.05, 4.69) is 27.1 Å². The highest BCUT2D eigenvalue weighted by Crippen LogP contribution is 2.25. The number of nitrogens with zero attached hydrogens (tertiary/aromatic N) is 3. The Bertz CT molecular complexity index is 778. The number of amides is 1. The van der Waals surface area contributed by atoms with Gasteiger partial charge in [0.1, 0.15) is 17.2 Å². The van der Waals surface area contributed by atoms with Crippen LogP contribution < -0.4 is 10.2 Å². The van der Waals surface area contributed by atoms with Crippen LogP contribution in [0, 0.1) is 12.8 Å². The second kappa shape index (κ2) is 8.73. The van der Waals surface area contributed by atoms with E-state index >= 15 is 0 Å². The molecule has 1 fully saturated rings. The smallest absolute Gasteiger partial charge is 0.234 e. The first-order valence-corrected chi connectivity index (χ1v) is 10.1. The third-order valence-electron chi connectivity index (χ3n) is 4.63. The Balaban J connectivity index is 1.57. The molecular weight excluding hydrogens is 368 g/mol. The van der Waals surface area contributed by atoms with E-state index in [-0.39, 0.29) is 5.91 Å². The minimum absolute atomic E-state index is 0.0765. The fourth-order valence-electron chi connectivity index (χ4n) is 2.89. The maximum atomic E-state index is 12.2. The van der Waals surface area contributed by atoms with Crippen LogP contribution in [-0.2, 0) is 4.79 Å². The van der Waals surface area contributed by atoms with Gasteiger partial charge in [-0.25, -0.2) is 9.97 Å². The second-order valence-corrected chi connectivity index (χ2v) is 8.04. The van der Waals surface area contributed by atoms with Crippen molar-refractivity contribution in [2.24, 2.45) is 5.92 Å². The third kappa shape index (κ3) is 4.89. The molecule has 1 saturated heterocycles. The van der Waals surface area contributed by atoms with E-state index in [0.717, 1.165) is 41.1 Å². The molecule has 7 heteroatoms. The Labute approximate surface area is 163 Å². The number of carbonyl (C=O) groups is 1. The lowest BCUT2D eigenvalue weighted by molar-refractivity contribution is -0.113. The van der Waals surface area contributed by atoms with Crippen molar-refractivity contribution in [3.05, 3.63) is 41.2 Å². The van der Waals surface area contributed by atoms with Crippen molar-refractivity contribution < 1.29 is 4.79 Å². The summed E-state index contributed by atoms with van der Waals surface area (Å²) >= 11 is 7.51. The van der Waals surface area contributed by atoms with Crippen molar-refractivity contribution in [1.82, 2.24) is 9.97 Å². The standard InChI is InChI=1S/C19H23ClN4OS/c1-13-6-8-24(9-7-13)17-10-19(22-12-21-17)26-11-18(25)23-16-5-3-4-15(20)14(16)2/h3-5,10,12-13H,6-9,11H2,1-2H3,(H,23,25). The lowest BCUT2D eigenvalue weighted by Crippen LogP contribution is -2.33. The Morgan fingerprint density at radius 2 is 2.12 bits per heavy atom. The number of aromatic nitrogens is 2. The van der Waals surface area contributed by atoms with Crippen molar-refractivity contribution in [2.75, 3.05) is 29.1 Å². The molecule has 0 bridgehead atoms. The molecule has 0 unspecified atom stereocenters. The van der Waals surface area contributed by atoms with E-state index in [1.807, 2.05) is 31.2 Å². The molecule has 1 aliphatic rings. The van der Waals surface area contributed by atoms with Crippen LogP contribution in [0.15, 0.2) is 35.6 Å². The van der Waals surface area contributed by atoms with Crippen LogP contribution in [0.3, 0.4) is 0 Å². The first kappa shape index (κ1) is 19.0. The second-order valence-electron chi connectivity index (χ2n) is 6.63. The summed E-state index contributed by atoms with van der Waals surface area (Å²) in [5.41, 5.74) is 1.62. The monoisotopic (exact) mass is 390 g/mol. The van der Waals surface area contributed by atoms with Crippen molar-refractivity contribution in [3.8, 4) is 0 Å². The number of anilines is 2. The average Bonchev–Trinajstić information content (AvgIpc) is 2.65. The van der Waals surface area contributed by atoms with Crippen molar-refractivity contribution in [1.29, 1.82) is 0 Å². The summed E-state index contributed by atoms with van der Waals surface area (Å²) in [6, 6.07) is 7.46. The van der Waals surface area contributed by atoms with Crippen LogP contribution >= 0.6 is 23.4 Å². The molecule has 2 heterocycles. The molecule has 1 amide bonds. The molecule has 0 aliphatic carbocycles. The van der Waals surface area contributed by atoms with Gasteiger partial charge >= 0.3 is 0 Å². The molecule has 3 rings (SSSR count). The highest BCUT2D eigenvalue weighted by molar-refractivity contribution is 7.99. The normalized spacial score (nSPS) is 15.1. The average molecular weight is 391 g/mol. The molecule has 26 heavy (non-hydrogen) atoms. The fraction of sp³-hybridized carbons (Fsp3) is 0.421. The van der Waals surface area contributed by atoms with Gasteiger partial charge in [-0.3, -0.25) is 4.79 Å². The van der Waals surface area contributed by atoms with Crippen LogP contribution in [0.25, 0.3) is 0 Å². The van der Waals surface area contributed by atoms with Crippen molar-refractivity contribution in [2.45, 2.75) is 31.7 Å². The molecule has 1 N–H and O–H groups in total. The summed E-state index contributed by atoms with van der Waals surface area (Å²) in [7, 11) is 0. The Morgan fingerprint density at radius 3 is 2.88 bits per heavy atom. The highest BCUT2D eigenvalue weighted by atomic mass is 35.5. The number of hydrogen-bond donors (Lipinski definition) is 1. The minimum atomic E-state index is -0.0765. The molecule has 5 nitrogen and oxygen atoms in total. The first-order valence-electron chi connectivity index (χ1n) is 8.77. The van der Waals surface area contributed by atoms with Gasteiger partial charge in [0, 0.05) is 29.9 Å². The van der Waals surface area contributed by atoms with E-state index in [1.54, 1.807) is 6.33 Å². The van der Waals surface area contributed by atoms with Crippen LogP contribution in [0.5, 0.6) is 0 Å². The molecule has 0 atom stereocenters. The van der Waals surface area contributed by atoms with Crippen molar-refractivity contribution in [3.63, 3.8) is 0 Å². The van der Waals surface area contributed by atoms with Crippen LogP contribution in [-0.4, -0.2) is 34.7 Å². The van der Waals surface area contributed by atoms with Gasteiger partial charge in [0.05, 0.1) is 5.75 Å². The number of thioether (sulfide) groups is 1. The van der Waals surface area contributed by atoms with E-state index in [1.165, 1.54) is 24.6 Å². The van der Waals surface area contributed by atoms with Crippen LogP contribution in [0.4, 0.5) is 11.5 Å². The maximum absolute atomic E-state index is 12.2. The fourth-order valence-corrected chi connectivity index (χ4v) is 3.72. The number of hydrogen-bond acceptors (Lipinski definition) is 5. The molecule has 1 aliphatic heterocycles. The summed E-state index contributed by atoms with van der Waals surface area (Å²) in [5, 5.41) is 4.36. The van der Waals surface area contributed by atoms with E-state index < -0.39 is 0 Å². The number of benzene rings is 1. The Morgan fingerprint density at radius 1 is 1.35 bits per heavy atom. The van der Waals surface area contributed by atoms with Gasteiger partial charge in [0.15, 0.2) is 0 Å². The van der Waals surface area contributed by atoms with Gasteiger partial charge < -0.3 is 10.2 Å². The Hall–Kier alpha value is -1.79. The number of piperidine rings is 1. The predicted octanol–water partition coefficient (Wildman–Crippen LogP) is 4.41. The summed E-state index contributed by atoms with van der Waals surface area (Å²) in [6.45, 7) is 6.23. The molecule has 2 aromatic rings. The van der Waals surface area contributed by atoms with Gasteiger partial charge in [-0.2, -0.15) is 0 Å². The summed E-state index contributed by atoms with van der Waals surface area (Å²) < 4.78 is 0. The largest absolute Gasteiger partial charge is 0.356 e. The zero-order chi connectivity index (χ0) is 18.5. The molecular formula is C19H23ClN4OS. The maximum Gasteiger partial charge on any atom is 0.234 e. The van der Waals surface area contributed by atoms with Gasteiger partial charge in [0.2, 0.25) is 5.91 Å². The molecule has 138 valence electrons. The number of rotatable bonds is 5. The number of nitrogens with one attached hydrogen (secondary N) is 1. The molecule has 0 spiro atoms. The lowest BCUT2D eigenvalue weighted by Gasteiger charge is -2.31. The van der Waals surface area contributed by atoms with E-state index in [4.69, 9.17) is 11.6 Å². The summed E-state index contributed by atoms with van der Waals surface area (Å²) in [5.74, 6) is 1.94.